The molecule has 6 heteroatoms. The zero-order valence-corrected chi connectivity index (χ0v) is 16.7. The van der Waals surface area contributed by atoms with Crippen LogP contribution in [0.1, 0.15) is 25.0 Å². The maximum absolute atomic E-state index is 12.5. The maximum Gasteiger partial charge on any atom is 0.248 e. The molecule has 0 aliphatic carbocycles. The molecule has 2 aromatic carbocycles. The molecule has 0 bridgehead atoms. The molecule has 27 heavy (non-hydrogen) atoms. The third-order valence-electron chi connectivity index (χ3n) is 4.13. The van der Waals surface area contributed by atoms with Gasteiger partial charge in [0.05, 0.1) is 23.6 Å². The SMILES string of the molecule is CCOc1cc2occ(C)c2cc1/C(C)=C/C(=O)Nc1cc(Cl)ccc1Cl. The molecule has 0 saturated carbocycles. The average Bonchev–Trinajstić information content (AvgIpc) is 2.98. The van der Waals surface area contributed by atoms with Crippen LogP contribution in [0.25, 0.3) is 16.5 Å². The summed E-state index contributed by atoms with van der Waals surface area (Å²) in [6, 6.07) is 8.74. The number of hydrogen-bond acceptors (Lipinski definition) is 3. The number of benzene rings is 2. The van der Waals surface area contributed by atoms with Gasteiger partial charge in [-0.25, -0.2) is 0 Å². The van der Waals surface area contributed by atoms with Crippen LogP contribution < -0.4 is 10.1 Å². The number of anilines is 1. The van der Waals surface area contributed by atoms with Crippen LogP contribution in [0.2, 0.25) is 10.0 Å². The predicted molar refractivity (Wildman–Crippen MR) is 111 cm³/mol. The van der Waals surface area contributed by atoms with Gasteiger partial charge in [-0.15, -0.1) is 0 Å². The smallest absolute Gasteiger partial charge is 0.248 e. The molecule has 1 N–H and O–H groups in total. The molecule has 140 valence electrons. The van der Waals surface area contributed by atoms with Gasteiger partial charge in [0, 0.05) is 28.1 Å². The topological polar surface area (TPSA) is 51.5 Å². The van der Waals surface area contributed by atoms with Crippen LogP contribution in [0.4, 0.5) is 5.69 Å². The minimum Gasteiger partial charge on any atom is -0.493 e. The molecule has 0 fully saturated rings. The fourth-order valence-electron chi connectivity index (χ4n) is 2.80. The molecule has 4 nitrogen and oxygen atoms in total. The van der Waals surface area contributed by atoms with Crippen molar-refractivity contribution in [3.8, 4) is 5.75 Å². The number of halogens is 2. The number of allylic oxidation sites excluding steroid dienone is 1. The van der Waals surface area contributed by atoms with E-state index in [4.69, 9.17) is 32.4 Å². The number of ether oxygens (including phenoxy) is 1. The van der Waals surface area contributed by atoms with Gasteiger partial charge < -0.3 is 14.5 Å². The molecule has 3 aromatic rings. The van der Waals surface area contributed by atoms with E-state index in [1.165, 1.54) is 6.08 Å². The van der Waals surface area contributed by atoms with E-state index in [1.54, 1.807) is 24.5 Å². The number of furan rings is 1. The van der Waals surface area contributed by atoms with Gasteiger partial charge in [0.25, 0.3) is 0 Å². The Morgan fingerprint density at radius 3 is 2.78 bits per heavy atom. The van der Waals surface area contributed by atoms with Gasteiger partial charge in [-0.2, -0.15) is 0 Å². The molecule has 1 amide bonds. The average molecular weight is 404 g/mol. The molecule has 0 aliphatic rings. The van der Waals surface area contributed by atoms with Crippen molar-refractivity contribution >= 4 is 51.3 Å². The first-order valence-electron chi connectivity index (χ1n) is 8.48. The summed E-state index contributed by atoms with van der Waals surface area (Å²) in [5, 5.41) is 4.66. The normalized spacial score (nSPS) is 11.7. The summed E-state index contributed by atoms with van der Waals surface area (Å²) in [7, 11) is 0. The van der Waals surface area contributed by atoms with Crippen LogP contribution in [0, 0.1) is 6.92 Å². The number of amides is 1. The van der Waals surface area contributed by atoms with Crippen LogP contribution in [0.15, 0.2) is 47.1 Å². The van der Waals surface area contributed by atoms with Crippen molar-refractivity contribution in [1.29, 1.82) is 0 Å². The molecule has 0 saturated heterocycles. The molecule has 3 rings (SSSR count). The molecule has 0 spiro atoms. The zero-order valence-electron chi connectivity index (χ0n) is 15.2. The number of carbonyl (C=O) groups excluding carboxylic acids is 1. The number of fused-ring (bicyclic) bond motifs is 1. The Hall–Kier alpha value is -2.43. The summed E-state index contributed by atoms with van der Waals surface area (Å²) in [5.41, 5.74) is 3.84. The van der Waals surface area contributed by atoms with Crippen molar-refractivity contribution in [1.82, 2.24) is 0 Å². The first kappa shape index (κ1) is 19.3. The quantitative estimate of drug-likeness (QED) is 0.495. The van der Waals surface area contributed by atoms with Gasteiger partial charge in [0.15, 0.2) is 0 Å². The van der Waals surface area contributed by atoms with Crippen LogP contribution in [0.3, 0.4) is 0 Å². The monoisotopic (exact) mass is 403 g/mol. The fourth-order valence-corrected chi connectivity index (χ4v) is 3.14. The van der Waals surface area contributed by atoms with E-state index >= 15 is 0 Å². The Morgan fingerprint density at radius 2 is 2.04 bits per heavy atom. The molecule has 0 unspecified atom stereocenters. The summed E-state index contributed by atoms with van der Waals surface area (Å²) in [4.78, 5) is 12.5. The molecular formula is C21H19Cl2NO3. The van der Waals surface area contributed by atoms with Gasteiger partial charge in [-0.05, 0) is 56.2 Å². The summed E-state index contributed by atoms with van der Waals surface area (Å²) >= 11 is 12.1. The van der Waals surface area contributed by atoms with Crippen molar-refractivity contribution < 1.29 is 13.9 Å². The number of carbonyl (C=O) groups is 1. The van der Waals surface area contributed by atoms with Crippen molar-refractivity contribution in [3.05, 3.63) is 63.8 Å². The van der Waals surface area contributed by atoms with Crippen LogP contribution in [-0.2, 0) is 4.79 Å². The molecule has 0 radical (unpaired) electrons. The van der Waals surface area contributed by atoms with E-state index in [2.05, 4.69) is 5.32 Å². The Balaban J connectivity index is 1.94. The third-order valence-corrected chi connectivity index (χ3v) is 4.69. The lowest BCUT2D eigenvalue weighted by atomic mass is 10.0. The first-order valence-corrected chi connectivity index (χ1v) is 9.24. The Kier molecular flexibility index (Phi) is 5.78. The summed E-state index contributed by atoms with van der Waals surface area (Å²) in [5.74, 6) is 0.366. The molecular weight excluding hydrogens is 385 g/mol. The van der Waals surface area contributed by atoms with Crippen molar-refractivity contribution in [3.63, 3.8) is 0 Å². The lowest BCUT2D eigenvalue weighted by Crippen LogP contribution is -2.09. The standard InChI is InChI=1S/C21H19Cl2NO3/c1-4-26-19-10-20-16(13(3)11-27-20)9-15(19)12(2)7-21(25)24-18-8-14(22)5-6-17(18)23/h5-11H,4H2,1-3H3,(H,24,25)/b12-7+. The molecule has 0 aliphatic heterocycles. The van der Waals surface area contributed by atoms with Gasteiger partial charge in [0.2, 0.25) is 5.91 Å². The Bertz CT molecular complexity index is 1040. The van der Waals surface area contributed by atoms with Gasteiger partial charge in [-0.1, -0.05) is 23.2 Å². The van der Waals surface area contributed by atoms with Crippen LogP contribution in [-0.4, -0.2) is 12.5 Å². The predicted octanol–water partition coefficient (Wildman–Crippen LogP) is 6.49. The second kappa shape index (κ2) is 8.07. The third kappa shape index (κ3) is 4.29. The lowest BCUT2D eigenvalue weighted by Gasteiger charge is -2.12. The van der Waals surface area contributed by atoms with Crippen molar-refractivity contribution in [2.45, 2.75) is 20.8 Å². The summed E-state index contributed by atoms with van der Waals surface area (Å²) in [6.07, 6.45) is 3.22. The molecule has 1 heterocycles. The van der Waals surface area contributed by atoms with Crippen molar-refractivity contribution in [2.24, 2.45) is 0 Å². The maximum atomic E-state index is 12.5. The number of nitrogens with one attached hydrogen (secondary N) is 1. The highest BCUT2D eigenvalue weighted by Crippen LogP contribution is 2.33. The minimum absolute atomic E-state index is 0.303. The van der Waals surface area contributed by atoms with E-state index < -0.39 is 0 Å². The number of rotatable bonds is 5. The van der Waals surface area contributed by atoms with Gasteiger partial charge in [-0.3, -0.25) is 4.79 Å². The van der Waals surface area contributed by atoms with Gasteiger partial charge in [0.1, 0.15) is 11.3 Å². The second-order valence-electron chi connectivity index (χ2n) is 6.14. The van der Waals surface area contributed by atoms with E-state index in [1.807, 2.05) is 32.9 Å². The second-order valence-corrected chi connectivity index (χ2v) is 6.98. The summed E-state index contributed by atoms with van der Waals surface area (Å²) < 4.78 is 11.3. The highest BCUT2D eigenvalue weighted by atomic mass is 35.5. The zero-order chi connectivity index (χ0) is 19.6. The van der Waals surface area contributed by atoms with Gasteiger partial charge >= 0.3 is 0 Å². The van der Waals surface area contributed by atoms with Crippen molar-refractivity contribution in [2.75, 3.05) is 11.9 Å². The van der Waals surface area contributed by atoms with E-state index in [9.17, 15) is 4.79 Å². The highest BCUT2D eigenvalue weighted by molar-refractivity contribution is 6.35. The number of hydrogen-bond donors (Lipinski definition) is 1. The van der Waals surface area contributed by atoms with Crippen LogP contribution in [0.5, 0.6) is 5.75 Å². The Labute approximate surface area is 167 Å². The molecule has 0 atom stereocenters. The largest absolute Gasteiger partial charge is 0.493 e. The first-order chi connectivity index (χ1) is 12.9. The summed E-state index contributed by atoms with van der Waals surface area (Å²) in [6.45, 7) is 6.26. The Morgan fingerprint density at radius 1 is 1.26 bits per heavy atom. The highest BCUT2D eigenvalue weighted by Gasteiger charge is 2.13. The van der Waals surface area contributed by atoms with Crippen LogP contribution >= 0.6 is 23.2 Å². The minimum atomic E-state index is -0.303. The van der Waals surface area contributed by atoms with E-state index in [0.29, 0.717) is 28.1 Å². The van der Waals surface area contributed by atoms with E-state index in [0.717, 1.165) is 27.7 Å². The molecule has 1 aromatic heterocycles. The number of aryl methyl sites for hydroxylation is 1. The van der Waals surface area contributed by atoms with E-state index in [-0.39, 0.29) is 5.91 Å². The fraction of sp³-hybridized carbons (Fsp3) is 0.190. The lowest BCUT2D eigenvalue weighted by molar-refractivity contribution is -0.111.